The first-order valence-corrected chi connectivity index (χ1v) is 11.1. The number of amides is 3. The smallest absolute Gasteiger partial charge is 0.416 e. The van der Waals surface area contributed by atoms with Gasteiger partial charge in [0.1, 0.15) is 12.2 Å². The van der Waals surface area contributed by atoms with Crippen molar-refractivity contribution in [3.8, 4) is 0 Å². The van der Waals surface area contributed by atoms with Gasteiger partial charge in [-0.05, 0) is 55.7 Å². The third-order valence-corrected chi connectivity index (χ3v) is 5.91. The number of carbonyl (C=O) groups excluding carboxylic acids is 3. The van der Waals surface area contributed by atoms with Crippen LogP contribution in [0.15, 0.2) is 18.2 Å². The summed E-state index contributed by atoms with van der Waals surface area (Å²) in [6.07, 6.45) is 0.104. The van der Waals surface area contributed by atoms with Crippen molar-refractivity contribution in [2.24, 2.45) is 5.92 Å². The lowest BCUT2D eigenvalue weighted by Gasteiger charge is -2.33. The number of hydrogen-bond acceptors (Lipinski definition) is 5. The van der Waals surface area contributed by atoms with Gasteiger partial charge in [0.15, 0.2) is 0 Å². The quantitative estimate of drug-likeness (QED) is 0.704. The molecule has 0 unspecified atom stereocenters. The van der Waals surface area contributed by atoms with Gasteiger partial charge in [-0.3, -0.25) is 4.79 Å². The molecule has 3 rings (SSSR count). The van der Waals surface area contributed by atoms with Crippen LogP contribution in [0.5, 0.6) is 0 Å². The van der Waals surface area contributed by atoms with Gasteiger partial charge in [0.2, 0.25) is 5.91 Å². The molecule has 31 heavy (non-hydrogen) atoms. The Labute approximate surface area is 184 Å². The summed E-state index contributed by atoms with van der Waals surface area (Å²) in [6.45, 7) is 12.9. The van der Waals surface area contributed by atoms with Crippen LogP contribution in [-0.4, -0.2) is 52.7 Å². The maximum atomic E-state index is 13.0. The molecule has 2 heterocycles. The summed E-state index contributed by atoms with van der Waals surface area (Å²) in [5, 5.41) is 0. The second kappa shape index (κ2) is 8.89. The van der Waals surface area contributed by atoms with E-state index in [1.54, 1.807) is 4.90 Å². The van der Waals surface area contributed by atoms with Crippen molar-refractivity contribution in [1.29, 1.82) is 0 Å². The number of rotatable bonds is 4. The Morgan fingerprint density at radius 3 is 2.58 bits per heavy atom. The van der Waals surface area contributed by atoms with E-state index in [0.717, 1.165) is 11.1 Å². The fourth-order valence-corrected chi connectivity index (χ4v) is 4.27. The molecule has 7 heteroatoms. The molecule has 1 aromatic carbocycles. The molecule has 0 bridgehead atoms. The second-order valence-electron chi connectivity index (χ2n) is 9.89. The number of benzene rings is 1. The zero-order valence-electron chi connectivity index (χ0n) is 19.4. The Morgan fingerprint density at radius 1 is 1.23 bits per heavy atom. The van der Waals surface area contributed by atoms with Gasteiger partial charge in [-0.2, -0.15) is 0 Å². The number of nitrogens with zero attached hydrogens (tertiary/aromatic N) is 2. The predicted molar refractivity (Wildman–Crippen MR) is 117 cm³/mol. The third kappa shape index (κ3) is 5.20. The van der Waals surface area contributed by atoms with Crippen LogP contribution in [0.25, 0.3) is 0 Å². The van der Waals surface area contributed by atoms with Crippen molar-refractivity contribution in [2.75, 3.05) is 13.2 Å². The maximum absolute atomic E-state index is 13.0. The van der Waals surface area contributed by atoms with E-state index in [1.807, 2.05) is 59.7 Å². The van der Waals surface area contributed by atoms with Crippen LogP contribution in [0.4, 0.5) is 9.59 Å². The minimum absolute atomic E-state index is 0.0447. The lowest BCUT2D eigenvalue weighted by atomic mass is 9.86. The number of imide groups is 1. The molecule has 1 aromatic rings. The topological polar surface area (TPSA) is 76.2 Å². The van der Waals surface area contributed by atoms with E-state index in [4.69, 9.17) is 9.47 Å². The van der Waals surface area contributed by atoms with Crippen LogP contribution in [0.3, 0.4) is 0 Å². The summed E-state index contributed by atoms with van der Waals surface area (Å²) in [4.78, 5) is 40.5. The molecule has 0 aliphatic carbocycles. The van der Waals surface area contributed by atoms with E-state index in [-0.39, 0.29) is 42.9 Å². The average Bonchev–Trinajstić information content (AvgIpc) is 3.07. The zero-order chi connectivity index (χ0) is 22.9. The number of hydrogen-bond donors (Lipinski definition) is 0. The van der Waals surface area contributed by atoms with Crippen molar-refractivity contribution in [2.45, 2.75) is 78.5 Å². The SMILES string of the molecule is CC(C)[C@H]1COC(=O)N1C(=O)C[C@@H](C)c1cccc2c1CCN(C(=O)OC(C)(C)C)C2. The van der Waals surface area contributed by atoms with E-state index in [9.17, 15) is 14.4 Å². The van der Waals surface area contributed by atoms with Gasteiger partial charge in [-0.15, -0.1) is 0 Å². The molecule has 2 aliphatic rings. The largest absolute Gasteiger partial charge is 0.447 e. The van der Waals surface area contributed by atoms with Crippen molar-refractivity contribution >= 4 is 18.1 Å². The first-order chi connectivity index (χ1) is 14.5. The van der Waals surface area contributed by atoms with E-state index in [1.165, 1.54) is 10.5 Å². The van der Waals surface area contributed by atoms with Gasteiger partial charge in [-0.1, -0.05) is 39.0 Å². The highest BCUT2D eigenvalue weighted by molar-refractivity contribution is 5.94. The van der Waals surface area contributed by atoms with Gasteiger partial charge in [0.25, 0.3) is 0 Å². The predicted octanol–water partition coefficient (Wildman–Crippen LogP) is 4.48. The fraction of sp³-hybridized carbons (Fsp3) is 0.625. The molecular weight excluding hydrogens is 396 g/mol. The molecule has 3 amide bonds. The summed E-state index contributed by atoms with van der Waals surface area (Å²) in [6, 6.07) is 5.83. The van der Waals surface area contributed by atoms with Crippen LogP contribution in [0.2, 0.25) is 0 Å². The van der Waals surface area contributed by atoms with Crippen molar-refractivity contribution in [3.05, 3.63) is 34.9 Å². The monoisotopic (exact) mass is 430 g/mol. The molecule has 1 saturated heterocycles. The third-order valence-electron chi connectivity index (χ3n) is 5.91. The Hall–Kier alpha value is -2.57. The number of ether oxygens (including phenoxy) is 2. The van der Waals surface area contributed by atoms with Gasteiger partial charge in [-0.25, -0.2) is 14.5 Å². The summed E-state index contributed by atoms with van der Waals surface area (Å²) >= 11 is 0. The van der Waals surface area contributed by atoms with Crippen molar-refractivity contribution < 1.29 is 23.9 Å². The molecule has 0 N–H and O–H groups in total. The number of fused-ring (bicyclic) bond motifs is 1. The number of cyclic esters (lactones) is 1. The van der Waals surface area contributed by atoms with Gasteiger partial charge in [0.05, 0.1) is 6.04 Å². The average molecular weight is 431 g/mol. The highest BCUT2D eigenvalue weighted by Crippen LogP contribution is 2.31. The summed E-state index contributed by atoms with van der Waals surface area (Å²) in [7, 11) is 0. The molecular formula is C24H34N2O5. The van der Waals surface area contributed by atoms with Crippen molar-refractivity contribution in [1.82, 2.24) is 9.80 Å². The first-order valence-electron chi connectivity index (χ1n) is 11.1. The summed E-state index contributed by atoms with van der Waals surface area (Å²) in [5.41, 5.74) is 2.84. The minimum Gasteiger partial charge on any atom is -0.447 e. The van der Waals surface area contributed by atoms with Crippen molar-refractivity contribution in [3.63, 3.8) is 0 Å². The van der Waals surface area contributed by atoms with E-state index in [2.05, 4.69) is 0 Å². The fourth-order valence-electron chi connectivity index (χ4n) is 4.27. The van der Waals surface area contributed by atoms with Gasteiger partial charge < -0.3 is 14.4 Å². The van der Waals surface area contributed by atoms with Gasteiger partial charge in [0, 0.05) is 19.5 Å². The lowest BCUT2D eigenvalue weighted by molar-refractivity contribution is -0.130. The molecule has 0 radical (unpaired) electrons. The Kier molecular flexibility index (Phi) is 6.62. The molecule has 0 spiro atoms. The standard InChI is InChI=1S/C24H34N2O5/c1-15(2)20-14-30-23(29)26(20)21(27)12-16(3)18-9-7-8-17-13-25(11-10-19(17)18)22(28)31-24(4,5)6/h7-9,15-16,20H,10-14H2,1-6H3/t16-,20-/m1/s1. The Balaban J connectivity index is 1.72. The maximum Gasteiger partial charge on any atom is 0.416 e. The Bertz CT molecular complexity index is 858. The molecule has 2 aliphatic heterocycles. The molecule has 0 saturated carbocycles. The van der Waals surface area contributed by atoms with Crippen LogP contribution >= 0.6 is 0 Å². The van der Waals surface area contributed by atoms with E-state index < -0.39 is 11.7 Å². The molecule has 2 atom stereocenters. The highest BCUT2D eigenvalue weighted by atomic mass is 16.6. The minimum atomic E-state index is -0.543. The molecule has 7 nitrogen and oxygen atoms in total. The van der Waals surface area contributed by atoms with E-state index in [0.29, 0.717) is 19.5 Å². The van der Waals surface area contributed by atoms with Crippen LogP contribution in [-0.2, 0) is 27.2 Å². The van der Waals surface area contributed by atoms with E-state index >= 15 is 0 Å². The van der Waals surface area contributed by atoms with Crippen LogP contribution < -0.4 is 0 Å². The highest BCUT2D eigenvalue weighted by Gasteiger charge is 2.40. The second-order valence-corrected chi connectivity index (χ2v) is 9.89. The summed E-state index contributed by atoms with van der Waals surface area (Å²) < 4.78 is 10.6. The molecule has 0 aromatic heterocycles. The van der Waals surface area contributed by atoms with Crippen LogP contribution in [0, 0.1) is 5.92 Å². The number of carbonyl (C=O) groups is 3. The normalized spacial score (nSPS) is 19.8. The molecule has 1 fully saturated rings. The first kappa shape index (κ1) is 23.1. The molecule has 170 valence electrons. The van der Waals surface area contributed by atoms with Crippen LogP contribution in [0.1, 0.15) is 70.6 Å². The Morgan fingerprint density at radius 2 is 1.94 bits per heavy atom. The zero-order valence-corrected chi connectivity index (χ0v) is 19.4. The summed E-state index contributed by atoms with van der Waals surface area (Å²) in [5.74, 6) is -0.0942. The van der Waals surface area contributed by atoms with Gasteiger partial charge >= 0.3 is 12.2 Å². The lowest BCUT2D eigenvalue weighted by Crippen LogP contribution is -2.42.